The Kier molecular flexibility index (Phi) is 4.36. The molecule has 0 aliphatic heterocycles. The molecule has 0 saturated heterocycles. The van der Waals surface area contributed by atoms with Crippen LogP contribution in [0.15, 0.2) is 47.6 Å². The molecule has 0 nitrogen and oxygen atoms in total. The minimum atomic E-state index is 1.05. The van der Waals surface area contributed by atoms with E-state index in [-0.39, 0.29) is 0 Å². The number of aryl methyl sites for hydroxylation is 1. The zero-order valence-corrected chi connectivity index (χ0v) is 10.2. The molecule has 0 radical (unpaired) electrons. The van der Waals surface area contributed by atoms with E-state index in [2.05, 4.69) is 64.1 Å². The minimum Gasteiger partial charge on any atom is -0.0764 e. The Morgan fingerprint density at radius 2 is 1.60 bits per heavy atom. The van der Waals surface area contributed by atoms with Crippen molar-refractivity contribution in [3.63, 3.8) is 0 Å². The highest BCUT2D eigenvalue weighted by Gasteiger charge is 1.93. The smallest absolute Gasteiger partial charge is 0.00668 e. The van der Waals surface area contributed by atoms with Crippen molar-refractivity contribution in [3.8, 4) is 0 Å². The van der Waals surface area contributed by atoms with Crippen LogP contribution >= 0.6 is 0 Å². The normalized spacial score (nSPS) is 11.3. The van der Waals surface area contributed by atoms with Gasteiger partial charge in [-0.15, -0.1) is 0 Å². The van der Waals surface area contributed by atoms with Crippen LogP contribution in [0.1, 0.15) is 31.9 Å². The van der Waals surface area contributed by atoms with Crippen molar-refractivity contribution in [3.05, 3.63) is 58.7 Å². The maximum atomic E-state index is 2.20. The summed E-state index contributed by atoms with van der Waals surface area (Å²) in [5, 5.41) is 0. The molecule has 0 aliphatic carbocycles. The van der Waals surface area contributed by atoms with E-state index in [1.165, 1.54) is 22.3 Å². The molecular weight excluding hydrogens is 180 g/mol. The third-order valence-corrected chi connectivity index (χ3v) is 2.30. The van der Waals surface area contributed by atoms with Crippen LogP contribution in [0.25, 0.3) is 0 Å². The second-order valence-electron chi connectivity index (χ2n) is 4.42. The monoisotopic (exact) mass is 200 g/mol. The van der Waals surface area contributed by atoms with Crippen LogP contribution in [-0.2, 0) is 6.42 Å². The van der Waals surface area contributed by atoms with E-state index in [1.54, 1.807) is 0 Å². The van der Waals surface area contributed by atoms with E-state index < -0.39 is 0 Å². The summed E-state index contributed by atoms with van der Waals surface area (Å²) >= 11 is 0. The topological polar surface area (TPSA) is 0 Å². The zero-order valence-electron chi connectivity index (χ0n) is 10.2. The number of hydrogen-bond acceptors (Lipinski definition) is 0. The average molecular weight is 200 g/mol. The molecule has 80 valence electrons. The van der Waals surface area contributed by atoms with Crippen LogP contribution in [0, 0.1) is 6.92 Å². The Bertz CT molecular complexity index is 360. The molecule has 1 rings (SSSR count). The van der Waals surface area contributed by atoms with Gasteiger partial charge in [0.2, 0.25) is 0 Å². The van der Waals surface area contributed by atoms with Crippen molar-refractivity contribution < 1.29 is 0 Å². The molecule has 0 aromatic heterocycles. The van der Waals surface area contributed by atoms with Gasteiger partial charge < -0.3 is 0 Å². The van der Waals surface area contributed by atoms with Crippen molar-refractivity contribution in [2.24, 2.45) is 0 Å². The maximum Gasteiger partial charge on any atom is -0.00668 e. The molecule has 0 heterocycles. The fraction of sp³-hybridized carbons (Fsp3) is 0.333. The van der Waals surface area contributed by atoms with E-state index in [1.807, 2.05) is 0 Å². The Morgan fingerprint density at radius 3 is 2.13 bits per heavy atom. The number of allylic oxidation sites excluding steroid dienone is 4. The summed E-state index contributed by atoms with van der Waals surface area (Å²) in [6.45, 7) is 8.54. The predicted octanol–water partition coefficient (Wildman–Crippen LogP) is 4.45. The summed E-state index contributed by atoms with van der Waals surface area (Å²) in [5.41, 5.74) is 5.46. The number of benzene rings is 1. The first-order chi connectivity index (χ1) is 7.08. The summed E-state index contributed by atoms with van der Waals surface area (Å²) in [4.78, 5) is 0. The van der Waals surface area contributed by atoms with Crippen LogP contribution in [0.4, 0.5) is 0 Å². The lowest BCUT2D eigenvalue weighted by atomic mass is 10.0. The number of hydrogen-bond donors (Lipinski definition) is 0. The first-order valence-corrected chi connectivity index (χ1v) is 5.44. The van der Waals surface area contributed by atoms with Gasteiger partial charge in [0.05, 0.1) is 0 Å². The van der Waals surface area contributed by atoms with E-state index >= 15 is 0 Å². The third kappa shape index (κ3) is 4.64. The lowest BCUT2D eigenvalue weighted by molar-refractivity contribution is 1.14. The summed E-state index contributed by atoms with van der Waals surface area (Å²) < 4.78 is 0. The van der Waals surface area contributed by atoms with Crippen LogP contribution in [-0.4, -0.2) is 0 Å². The Balaban J connectivity index is 2.66. The summed E-state index contributed by atoms with van der Waals surface area (Å²) in [6.07, 6.45) is 5.42. The van der Waals surface area contributed by atoms with Crippen molar-refractivity contribution in [2.75, 3.05) is 0 Å². The lowest BCUT2D eigenvalue weighted by Gasteiger charge is -2.01. The van der Waals surface area contributed by atoms with Crippen molar-refractivity contribution in [1.82, 2.24) is 0 Å². The van der Waals surface area contributed by atoms with Gasteiger partial charge in [-0.1, -0.05) is 53.1 Å². The van der Waals surface area contributed by atoms with Crippen LogP contribution < -0.4 is 0 Å². The zero-order chi connectivity index (χ0) is 11.3. The largest absolute Gasteiger partial charge is 0.0764 e. The first kappa shape index (κ1) is 11.8. The van der Waals surface area contributed by atoms with Crippen molar-refractivity contribution in [2.45, 2.75) is 34.1 Å². The second-order valence-corrected chi connectivity index (χ2v) is 4.42. The molecule has 0 fully saturated rings. The van der Waals surface area contributed by atoms with Gasteiger partial charge in [-0.2, -0.15) is 0 Å². The van der Waals surface area contributed by atoms with Crippen LogP contribution in [0.3, 0.4) is 0 Å². The molecule has 0 unspecified atom stereocenters. The third-order valence-electron chi connectivity index (χ3n) is 2.30. The van der Waals surface area contributed by atoms with Gasteiger partial charge in [0, 0.05) is 0 Å². The lowest BCUT2D eigenvalue weighted by Crippen LogP contribution is -1.86. The first-order valence-electron chi connectivity index (χ1n) is 5.44. The van der Waals surface area contributed by atoms with Crippen LogP contribution in [0.2, 0.25) is 0 Å². The van der Waals surface area contributed by atoms with Crippen LogP contribution in [0.5, 0.6) is 0 Å². The van der Waals surface area contributed by atoms with Crippen molar-refractivity contribution in [1.29, 1.82) is 0 Å². The van der Waals surface area contributed by atoms with E-state index in [0.29, 0.717) is 0 Å². The molecule has 15 heavy (non-hydrogen) atoms. The van der Waals surface area contributed by atoms with Gasteiger partial charge in [-0.25, -0.2) is 0 Å². The minimum absolute atomic E-state index is 1.05. The van der Waals surface area contributed by atoms with Gasteiger partial charge in [-0.3, -0.25) is 0 Å². The maximum absolute atomic E-state index is 2.20. The highest BCUT2D eigenvalue weighted by Crippen LogP contribution is 2.09. The Morgan fingerprint density at radius 1 is 1.00 bits per heavy atom. The van der Waals surface area contributed by atoms with E-state index in [4.69, 9.17) is 0 Å². The molecule has 0 amide bonds. The quantitative estimate of drug-likeness (QED) is 0.632. The highest BCUT2D eigenvalue weighted by molar-refractivity contribution is 5.26. The molecule has 0 spiro atoms. The average Bonchev–Trinajstić information content (AvgIpc) is 2.19. The summed E-state index contributed by atoms with van der Waals surface area (Å²) in [7, 11) is 0. The SMILES string of the molecule is CC(C)=CC=C(C)Cc1ccc(C)cc1. The molecule has 0 bridgehead atoms. The summed E-state index contributed by atoms with van der Waals surface area (Å²) in [6, 6.07) is 8.75. The van der Waals surface area contributed by atoms with Gasteiger partial charge in [0.1, 0.15) is 0 Å². The number of rotatable bonds is 3. The van der Waals surface area contributed by atoms with Crippen molar-refractivity contribution >= 4 is 0 Å². The van der Waals surface area contributed by atoms with E-state index in [0.717, 1.165) is 6.42 Å². The van der Waals surface area contributed by atoms with Gasteiger partial charge in [0.15, 0.2) is 0 Å². The predicted molar refractivity (Wildman–Crippen MR) is 68.1 cm³/mol. The van der Waals surface area contributed by atoms with Gasteiger partial charge in [-0.05, 0) is 39.7 Å². The van der Waals surface area contributed by atoms with Gasteiger partial charge >= 0.3 is 0 Å². The fourth-order valence-electron chi connectivity index (χ4n) is 1.40. The molecule has 0 aliphatic rings. The summed E-state index contributed by atoms with van der Waals surface area (Å²) in [5.74, 6) is 0. The molecule has 0 N–H and O–H groups in total. The highest BCUT2D eigenvalue weighted by atomic mass is 14.0. The Hall–Kier alpha value is -1.30. The molecule has 1 aromatic rings. The van der Waals surface area contributed by atoms with E-state index in [9.17, 15) is 0 Å². The molecule has 0 heteroatoms. The molecular formula is C15H20. The standard InChI is InChI=1S/C15H20/c1-12(2)5-6-14(4)11-15-9-7-13(3)8-10-15/h5-10H,11H2,1-4H3. The Labute approximate surface area is 93.3 Å². The van der Waals surface area contributed by atoms with Gasteiger partial charge in [0.25, 0.3) is 0 Å². The molecule has 0 atom stereocenters. The fourth-order valence-corrected chi connectivity index (χ4v) is 1.40. The molecule has 1 aromatic carbocycles. The second kappa shape index (κ2) is 5.55. The molecule has 0 saturated carbocycles.